The predicted octanol–water partition coefficient (Wildman–Crippen LogP) is 3.36. The van der Waals surface area contributed by atoms with Crippen LogP contribution in [0.1, 0.15) is 11.3 Å². The Labute approximate surface area is 170 Å². The minimum absolute atomic E-state index is 0.125. The molecule has 3 heterocycles. The van der Waals surface area contributed by atoms with Crippen LogP contribution in [0.25, 0.3) is 17.1 Å². The Balaban J connectivity index is 1.54. The number of nitrogens with zero attached hydrogens (tertiary/aromatic N) is 4. The monoisotopic (exact) mass is 410 g/mol. The van der Waals surface area contributed by atoms with Gasteiger partial charge < -0.3 is 13.9 Å². The number of hydrogen-bond acceptors (Lipinski definition) is 8. The maximum atomic E-state index is 12.3. The fourth-order valence-electron chi connectivity index (χ4n) is 2.78. The number of ether oxygens (including phenoxy) is 2. The summed E-state index contributed by atoms with van der Waals surface area (Å²) < 4.78 is 17.8. The van der Waals surface area contributed by atoms with Gasteiger partial charge in [-0.15, -0.1) is 10.2 Å². The lowest BCUT2D eigenvalue weighted by Gasteiger charge is -2.05. The van der Waals surface area contributed by atoms with E-state index in [0.29, 0.717) is 45.3 Å². The van der Waals surface area contributed by atoms with Crippen molar-refractivity contribution in [1.29, 1.82) is 0 Å². The Kier molecular flexibility index (Phi) is 5.22. The molecule has 0 atom stereocenters. The van der Waals surface area contributed by atoms with E-state index >= 15 is 0 Å². The van der Waals surface area contributed by atoms with Crippen LogP contribution < -0.4 is 15.0 Å². The van der Waals surface area contributed by atoms with E-state index in [-0.39, 0.29) is 5.56 Å². The average molecular weight is 410 g/mol. The maximum Gasteiger partial charge on any atom is 0.277 e. The molecule has 148 valence electrons. The molecule has 4 rings (SSSR count). The molecule has 4 aromatic rings. The van der Waals surface area contributed by atoms with Crippen molar-refractivity contribution in [3.63, 3.8) is 0 Å². The third kappa shape index (κ3) is 4.09. The smallest absolute Gasteiger partial charge is 0.277 e. The quantitative estimate of drug-likeness (QED) is 0.447. The molecule has 0 aliphatic heterocycles. The zero-order valence-corrected chi connectivity index (χ0v) is 16.9. The highest BCUT2D eigenvalue weighted by atomic mass is 32.2. The van der Waals surface area contributed by atoms with Crippen molar-refractivity contribution < 1.29 is 13.9 Å². The number of thioether (sulfide) groups is 1. The molecule has 0 unspecified atom stereocenters. The normalized spacial score (nSPS) is 11.0. The molecule has 0 N–H and O–H groups in total. The maximum absolute atomic E-state index is 12.3. The highest BCUT2D eigenvalue weighted by Crippen LogP contribution is 2.31. The van der Waals surface area contributed by atoms with Gasteiger partial charge >= 0.3 is 0 Å². The van der Waals surface area contributed by atoms with Crippen molar-refractivity contribution in [2.45, 2.75) is 17.9 Å². The second-order valence-corrected chi connectivity index (χ2v) is 7.21. The minimum atomic E-state index is -0.125. The van der Waals surface area contributed by atoms with Gasteiger partial charge in [0.15, 0.2) is 0 Å². The topological polar surface area (TPSA) is 91.8 Å². The van der Waals surface area contributed by atoms with Crippen LogP contribution in [-0.4, -0.2) is 33.8 Å². The largest absolute Gasteiger partial charge is 0.497 e. The summed E-state index contributed by atoms with van der Waals surface area (Å²) in [6, 6.07) is 10.6. The molecule has 0 saturated carbocycles. The first-order valence-corrected chi connectivity index (χ1v) is 9.73. The molecular formula is C20H18N4O4S. The molecule has 8 nitrogen and oxygen atoms in total. The summed E-state index contributed by atoms with van der Waals surface area (Å²) >= 11 is 1.32. The predicted molar refractivity (Wildman–Crippen MR) is 109 cm³/mol. The molecule has 0 amide bonds. The van der Waals surface area contributed by atoms with Crippen molar-refractivity contribution in [3.05, 3.63) is 64.2 Å². The summed E-state index contributed by atoms with van der Waals surface area (Å²) in [4.78, 5) is 16.8. The number of benzene rings is 1. The number of pyridine rings is 1. The highest BCUT2D eigenvalue weighted by Gasteiger charge is 2.13. The van der Waals surface area contributed by atoms with Gasteiger partial charge in [-0.3, -0.25) is 9.20 Å². The fraction of sp³-hybridized carbons (Fsp3) is 0.200. The second kappa shape index (κ2) is 7.96. The van der Waals surface area contributed by atoms with Crippen molar-refractivity contribution in [1.82, 2.24) is 19.6 Å². The van der Waals surface area contributed by atoms with Gasteiger partial charge in [0.1, 0.15) is 17.1 Å². The molecule has 0 fully saturated rings. The molecule has 0 radical (unpaired) electrons. The number of methoxy groups -OCH3 is 2. The first-order valence-electron chi connectivity index (χ1n) is 8.74. The summed E-state index contributed by atoms with van der Waals surface area (Å²) in [5, 5.41) is 8.55. The number of fused-ring (bicyclic) bond motifs is 1. The molecule has 29 heavy (non-hydrogen) atoms. The van der Waals surface area contributed by atoms with Crippen LogP contribution in [-0.2, 0) is 5.75 Å². The van der Waals surface area contributed by atoms with Gasteiger partial charge in [-0.05, 0) is 36.8 Å². The van der Waals surface area contributed by atoms with E-state index in [9.17, 15) is 4.79 Å². The number of hydrogen-bond donors (Lipinski definition) is 0. The standard InChI is InChI=1S/C20H18N4O4S/c1-12-4-5-24-17(6-12)21-14(9-18(24)25)11-29-20-23-22-19(28-20)13-7-15(26-2)10-16(8-13)27-3/h4-10H,11H2,1-3H3. The molecule has 9 heteroatoms. The molecule has 0 aliphatic carbocycles. The van der Waals surface area contributed by atoms with E-state index in [0.717, 1.165) is 5.56 Å². The first-order chi connectivity index (χ1) is 14.1. The number of aryl methyl sites for hydroxylation is 1. The molecular weight excluding hydrogens is 392 g/mol. The van der Waals surface area contributed by atoms with Crippen molar-refractivity contribution in [3.8, 4) is 23.0 Å². The van der Waals surface area contributed by atoms with Crippen molar-refractivity contribution >= 4 is 17.4 Å². The average Bonchev–Trinajstić information content (AvgIpc) is 3.20. The summed E-state index contributed by atoms with van der Waals surface area (Å²) in [6.07, 6.45) is 1.73. The number of rotatable bonds is 6. The van der Waals surface area contributed by atoms with Crippen LogP contribution >= 0.6 is 11.8 Å². The molecule has 1 aromatic carbocycles. The van der Waals surface area contributed by atoms with E-state index in [1.165, 1.54) is 22.2 Å². The van der Waals surface area contributed by atoms with Gasteiger partial charge in [0, 0.05) is 29.6 Å². The second-order valence-electron chi connectivity index (χ2n) is 6.28. The van der Waals surface area contributed by atoms with E-state index in [4.69, 9.17) is 13.9 Å². The van der Waals surface area contributed by atoms with E-state index in [2.05, 4.69) is 15.2 Å². The van der Waals surface area contributed by atoms with Crippen molar-refractivity contribution in [2.24, 2.45) is 0 Å². The summed E-state index contributed by atoms with van der Waals surface area (Å²) in [7, 11) is 3.16. The van der Waals surface area contributed by atoms with E-state index in [1.54, 1.807) is 38.6 Å². The third-order valence-corrected chi connectivity index (χ3v) is 5.08. The SMILES string of the molecule is COc1cc(OC)cc(-c2nnc(SCc3cc(=O)n4ccc(C)cc4n3)o2)c1. The van der Waals surface area contributed by atoms with Crippen LogP contribution in [0.4, 0.5) is 0 Å². The molecule has 0 bridgehead atoms. The van der Waals surface area contributed by atoms with Gasteiger partial charge in [-0.1, -0.05) is 11.8 Å². The van der Waals surface area contributed by atoms with Gasteiger partial charge in [0.25, 0.3) is 10.8 Å². The van der Waals surface area contributed by atoms with E-state index in [1.807, 2.05) is 19.1 Å². The minimum Gasteiger partial charge on any atom is -0.497 e. The zero-order valence-electron chi connectivity index (χ0n) is 16.1. The van der Waals surface area contributed by atoms with Crippen LogP contribution in [0, 0.1) is 6.92 Å². The van der Waals surface area contributed by atoms with Crippen LogP contribution in [0.2, 0.25) is 0 Å². The summed E-state index contributed by atoms with van der Waals surface area (Å²) in [6.45, 7) is 1.96. The lowest BCUT2D eigenvalue weighted by atomic mass is 10.2. The fourth-order valence-corrected chi connectivity index (χ4v) is 3.43. The lowest BCUT2D eigenvalue weighted by molar-refractivity contribution is 0.394. The first kappa shape index (κ1) is 19.0. The molecule has 0 saturated heterocycles. The molecule has 0 spiro atoms. The Hall–Kier alpha value is -3.33. The molecule has 3 aromatic heterocycles. The number of aromatic nitrogens is 4. The van der Waals surface area contributed by atoms with Gasteiger partial charge in [0.05, 0.1) is 19.9 Å². The third-order valence-electron chi connectivity index (χ3n) is 4.22. The Bertz CT molecular complexity index is 1210. The Morgan fingerprint density at radius 1 is 1.07 bits per heavy atom. The Morgan fingerprint density at radius 3 is 2.55 bits per heavy atom. The Morgan fingerprint density at radius 2 is 1.83 bits per heavy atom. The highest BCUT2D eigenvalue weighted by molar-refractivity contribution is 7.98. The van der Waals surface area contributed by atoms with Crippen molar-refractivity contribution in [2.75, 3.05) is 14.2 Å². The summed E-state index contributed by atoms with van der Waals surface area (Å²) in [5.41, 5.74) is 2.87. The molecule has 0 aliphatic rings. The lowest BCUT2D eigenvalue weighted by Crippen LogP contribution is -2.15. The van der Waals surface area contributed by atoms with Crippen LogP contribution in [0.15, 0.2) is 57.0 Å². The van der Waals surface area contributed by atoms with Gasteiger partial charge in [-0.25, -0.2) is 4.98 Å². The van der Waals surface area contributed by atoms with Gasteiger partial charge in [-0.2, -0.15) is 0 Å². The van der Waals surface area contributed by atoms with Crippen LogP contribution in [0.5, 0.6) is 11.5 Å². The zero-order chi connectivity index (χ0) is 20.4. The summed E-state index contributed by atoms with van der Waals surface area (Å²) in [5.74, 6) is 2.04. The van der Waals surface area contributed by atoms with E-state index < -0.39 is 0 Å². The van der Waals surface area contributed by atoms with Gasteiger partial charge in [0.2, 0.25) is 5.89 Å². The van der Waals surface area contributed by atoms with Crippen LogP contribution in [0.3, 0.4) is 0 Å².